The van der Waals surface area contributed by atoms with Crippen LogP contribution in [0.3, 0.4) is 0 Å². The Morgan fingerprint density at radius 2 is 2.25 bits per heavy atom. The first-order valence-corrected chi connectivity index (χ1v) is 4.14. The Bertz CT molecular complexity index is 276. The van der Waals surface area contributed by atoms with Crippen LogP contribution in [0.1, 0.15) is 18.1 Å². The summed E-state index contributed by atoms with van der Waals surface area (Å²) in [6, 6.07) is 5.99. The van der Waals surface area contributed by atoms with Crippen LogP contribution in [0.5, 0.6) is 5.75 Å². The van der Waals surface area contributed by atoms with Gasteiger partial charge in [-0.1, -0.05) is 24.8 Å². The summed E-state index contributed by atoms with van der Waals surface area (Å²) >= 11 is 0. The molecule has 0 bridgehead atoms. The zero-order valence-corrected chi connectivity index (χ0v) is 7.63. The summed E-state index contributed by atoms with van der Waals surface area (Å²) in [7, 11) is 0. The van der Waals surface area contributed by atoms with E-state index < -0.39 is 0 Å². The van der Waals surface area contributed by atoms with E-state index in [1.54, 1.807) is 0 Å². The molecule has 0 aliphatic heterocycles. The van der Waals surface area contributed by atoms with E-state index in [1.807, 2.05) is 38.1 Å². The van der Waals surface area contributed by atoms with Gasteiger partial charge in [0.15, 0.2) is 0 Å². The lowest BCUT2D eigenvalue weighted by molar-refractivity contribution is 0.338. The van der Waals surface area contributed by atoms with Gasteiger partial charge < -0.3 is 4.74 Å². The Labute approximate surface area is 73.7 Å². The molecule has 0 saturated heterocycles. The predicted octanol–water partition coefficient (Wildman–Crippen LogP) is 3.04. The summed E-state index contributed by atoms with van der Waals surface area (Å²) in [5, 5.41) is 0. The van der Waals surface area contributed by atoms with Gasteiger partial charge in [0, 0.05) is 0 Å². The molecule has 0 saturated carbocycles. The van der Waals surface area contributed by atoms with Gasteiger partial charge in [-0.3, -0.25) is 0 Å². The summed E-state index contributed by atoms with van der Waals surface area (Å²) < 4.78 is 5.43. The number of rotatable bonds is 3. The van der Waals surface area contributed by atoms with E-state index in [0.717, 1.165) is 16.9 Å². The van der Waals surface area contributed by atoms with Crippen LogP contribution in [0.25, 0.3) is 6.08 Å². The molecule has 0 radical (unpaired) electrons. The van der Waals surface area contributed by atoms with Gasteiger partial charge in [-0.25, -0.2) is 0 Å². The second-order valence-electron chi connectivity index (χ2n) is 2.61. The van der Waals surface area contributed by atoms with Crippen molar-refractivity contribution in [2.24, 2.45) is 0 Å². The van der Waals surface area contributed by atoms with Gasteiger partial charge in [0.25, 0.3) is 0 Å². The van der Waals surface area contributed by atoms with Gasteiger partial charge >= 0.3 is 0 Å². The normalized spacial score (nSPS) is 9.50. The molecule has 0 fully saturated rings. The number of ether oxygens (including phenoxy) is 1. The molecule has 0 aromatic heterocycles. The molecule has 1 aromatic rings. The maximum absolute atomic E-state index is 5.43. The fourth-order valence-corrected chi connectivity index (χ4v) is 1.16. The standard InChI is InChI=1S/C11H14O/c1-4-10-7-6-8-11(9(10)3)12-5-2/h4,6-8H,1,5H2,2-3H3. The van der Waals surface area contributed by atoms with Crippen LogP contribution in [0.4, 0.5) is 0 Å². The molecule has 1 nitrogen and oxygen atoms in total. The number of hydrogen-bond acceptors (Lipinski definition) is 1. The van der Waals surface area contributed by atoms with Crippen LogP contribution < -0.4 is 4.74 Å². The molecular formula is C11H14O. The average Bonchev–Trinajstić information content (AvgIpc) is 2.09. The largest absolute Gasteiger partial charge is 0.494 e. The molecule has 0 amide bonds. The summed E-state index contributed by atoms with van der Waals surface area (Å²) in [4.78, 5) is 0. The van der Waals surface area contributed by atoms with Crippen LogP contribution in [-0.2, 0) is 0 Å². The lowest BCUT2D eigenvalue weighted by Gasteiger charge is -2.08. The van der Waals surface area contributed by atoms with Crippen molar-refractivity contribution in [1.29, 1.82) is 0 Å². The summed E-state index contributed by atoms with van der Waals surface area (Å²) in [5.41, 5.74) is 2.30. The zero-order valence-electron chi connectivity index (χ0n) is 7.63. The molecule has 0 spiro atoms. The Morgan fingerprint density at radius 1 is 1.50 bits per heavy atom. The van der Waals surface area contributed by atoms with Crippen molar-refractivity contribution in [1.82, 2.24) is 0 Å². The van der Waals surface area contributed by atoms with Gasteiger partial charge in [-0.05, 0) is 31.0 Å². The van der Waals surface area contributed by atoms with E-state index in [4.69, 9.17) is 4.74 Å². The van der Waals surface area contributed by atoms with Crippen LogP contribution in [0.2, 0.25) is 0 Å². The molecule has 0 atom stereocenters. The molecule has 0 N–H and O–H groups in total. The highest BCUT2D eigenvalue weighted by Gasteiger charge is 2.00. The molecular weight excluding hydrogens is 148 g/mol. The Morgan fingerprint density at radius 3 is 2.83 bits per heavy atom. The molecule has 1 rings (SSSR count). The van der Waals surface area contributed by atoms with E-state index in [1.165, 1.54) is 0 Å². The van der Waals surface area contributed by atoms with E-state index >= 15 is 0 Å². The minimum absolute atomic E-state index is 0.710. The fourth-order valence-electron chi connectivity index (χ4n) is 1.16. The molecule has 0 aliphatic rings. The van der Waals surface area contributed by atoms with Crippen molar-refractivity contribution in [2.75, 3.05) is 6.61 Å². The molecule has 0 aliphatic carbocycles. The maximum atomic E-state index is 5.43. The Balaban J connectivity index is 3.04. The Kier molecular flexibility index (Phi) is 2.92. The van der Waals surface area contributed by atoms with Crippen molar-refractivity contribution in [3.63, 3.8) is 0 Å². The summed E-state index contributed by atoms with van der Waals surface area (Å²) in [6.07, 6.45) is 1.85. The quantitative estimate of drug-likeness (QED) is 0.663. The van der Waals surface area contributed by atoms with Gasteiger partial charge in [0.05, 0.1) is 6.61 Å². The van der Waals surface area contributed by atoms with Gasteiger partial charge in [-0.2, -0.15) is 0 Å². The summed E-state index contributed by atoms with van der Waals surface area (Å²) in [5.74, 6) is 0.954. The predicted molar refractivity (Wildman–Crippen MR) is 52.4 cm³/mol. The van der Waals surface area contributed by atoms with Crippen LogP contribution in [-0.4, -0.2) is 6.61 Å². The van der Waals surface area contributed by atoms with Gasteiger partial charge in [-0.15, -0.1) is 0 Å². The van der Waals surface area contributed by atoms with Gasteiger partial charge in [0.1, 0.15) is 5.75 Å². The average molecular weight is 162 g/mol. The minimum atomic E-state index is 0.710. The molecule has 64 valence electrons. The third kappa shape index (κ3) is 1.67. The third-order valence-corrected chi connectivity index (χ3v) is 1.85. The van der Waals surface area contributed by atoms with Crippen molar-refractivity contribution < 1.29 is 4.74 Å². The first kappa shape index (κ1) is 8.85. The zero-order chi connectivity index (χ0) is 8.97. The second kappa shape index (κ2) is 3.96. The third-order valence-electron chi connectivity index (χ3n) is 1.85. The SMILES string of the molecule is C=Cc1cccc(OCC)c1C. The smallest absolute Gasteiger partial charge is 0.122 e. The molecule has 12 heavy (non-hydrogen) atoms. The van der Waals surface area contributed by atoms with Crippen LogP contribution in [0, 0.1) is 6.92 Å². The molecule has 1 heteroatoms. The highest BCUT2D eigenvalue weighted by Crippen LogP contribution is 2.21. The van der Waals surface area contributed by atoms with Crippen molar-refractivity contribution in [3.05, 3.63) is 35.9 Å². The van der Waals surface area contributed by atoms with Crippen molar-refractivity contribution >= 4 is 6.08 Å². The lowest BCUT2D eigenvalue weighted by atomic mass is 10.1. The van der Waals surface area contributed by atoms with E-state index in [-0.39, 0.29) is 0 Å². The maximum Gasteiger partial charge on any atom is 0.122 e. The number of benzene rings is 1. The minimum Gasteiger partial charge on any atom is -0.494 e. The summed E-state index contributed by atoms with van der Waals surface area (Å²) in [6.45, 7) is 8.48. The van der Waals surface area contributed by atoms with Crippen molar-refractivity contribution in [3.8, 4) is 5.75 Å². The highest BCUT2D eigenvalue weighted by atomic mass is 16.5. The van der Waals surface area contributed by atoms with E-state index in [2.05, 4.69) is 6.58 Å². The molecule has 1 aromatic carbocycles. The van der Waals surface area contributed by atoms with E-state index in [0.29, 0.717) is 6.61 Å². The number of hydrogen-bond donors (Lipinski definition) is 0. The highest BCUT2D eigenvalue weighted by molar-refractivity contribution is 5.55. The van der Waals surface area contributed by atoms with E-state index in [9.17, 15) is 0 Å². The molecule has 0 heterocycles. The second-order valence-corrected chi connectivity index (χ2v) is 2.61. The topological polar surface area (TPSA) is 9.23 Å². The first-order valence-electron chi connectivity index (χ1n) is 4.14. The first-order chi connectivity index (χ1) is 5.79. The van der Waals surface area contributed by atoms with Crippen molar-refractivity contribution in [2.45, 2.75) is 13.8 Å². The Hall–Kier alpha value is -1.24. The van der Waals surface area contributed by atoms with Crippen LogP contribution >= 0.6 is 0 Å². The molecule has 0 unspecified atom stereocenters. The van der Waals surface area contributed by atoms with Crippen LogP contribution in [0.15, 0.2) is 24.8 Å². The lowest BCUT2D eigenvalue weighted by Crippen LogP contribution is -1.94. The monoisotopic (exact) mass is 162 g/mol. The van der Waals surface area contributed by atoms with Gasteiger partial charge in [0.2, 0.25) is 0 Å². The fraction of sp³-hybridized carbons (Fsp3) is 0.273.